The van der Waals surface area contributed by atoms with Gasteiger partial charge < -0.3 is 0 Å². The van der Waals surface area contributed by atoms with Crippen LogP contribution in [0.25, 0.3) is 22.5 Å². The first-order valence-electron chi connectivity index (χ1n) is 12.4. The maximum atomic E-state index is 13.2. The van der Waals surface area contributed by atoms with Gasteiger partial charge in [0.2, 0.25) is 5.82 Å². The predicted octanol–water partition coefficient (Wildman–Crippen LogP) is 5.08. The minimum absolute atomic E-state index is 0.110. The van der Waals surface area contributed by atoms with Gasteiger partial charge in [-0.15, -0.1) is 10.2 Å². The van der Waals surface area contributed by atoms with E-state index in [0.717, 1.165) is 53.3 Å². The molecular weight excluding hydrogens is 424 g/mol. The fraction of sp³-hybridized carbons (Fsp3) is 0.407. The molecule has 1 N–H and O–H groups in total. The van der Waals surface area contributed by atoms with E-state index in [2.05, 4.69) is 64.1 Å². The topological polar surface area (TPSA) is 81.4 Å². The molecule has 2 aromatic heterocycles. The summed E-state index contributed by atoms with van der Waals surface area (Å²) in [6.45, 7) is 3.54. The average molecular weight is 457 g/mol. The minimum Gasteiger partial charge on any atom is -0.299 e. The summed E-state index contributed by atoms with van der Waals surface area (Å²) in [5.74, 6) is 1.35. The van der Waals surface area contributed by atoms with Gasteiger partial charge in [-0.05, 0) is 40.7 Å². The highest BCUT2D eigenvalue weighted by atomic mass is 16.1. The molecule has 0 radical (unpaired) electrons. The molecule has 1 aliphatic rings. The lowest BCUT2D eigenvalue weighted by molar-refractivity contribution is 0.322. The molecule has 7 nitrogen and oxygen atoms in total. The Hall–Kier alpha value is -3.48. The van der Waals surface area contributed by atoms with Crippen LogP contribution in [0.3, 0.4) is 0 Å². The van der Waals surface area contributed by atoms with Gasteiger partial charge in [0.25, 0.3) is 0 Å². The van der Waals surface area contributed by atoms with Crippen LogP contribution in [0.2, 0.25) is 0 Å². The number of tetrazole rings is 1. The average Bonchev–Trinajstić information content (AvgIpc) is 3.53. The van der Waals surface area contributed by atoms with E-state index in [1.165, 1.54) is 32.1 Å². The SMILES string of the molecule is CCc1cn(CCC2CCCCC2)c(=O)n1Cc1ccc(-c2ccccc2-c2nn[nH]n2)cc1. The van der Waals surface area contributed by atoms with Gasteiger partial charge in [0.1, 0.15) is 0 Å². The van der Waals surface area contributed by atoms with Gasteiger partial charge in [-0.25, -0.2) is 4.79 Å². The summed E-state index contributed by atoms with van der Waals surface area (Å²) in [4.78, 5) is 13.2. The lowest BCUT2D eigenvalue weighted by Crippen LogP contribution is -2.26. The first-order chi connectivity index (χ1) is 16.7. The number of rotatable bonds is 8. The van der Waals surface area contributed by atoms with Crippen molar-refractivity contribution in [3.63, 3.8) is 0 Å². The number of imidazole rings is 1. The van der Waals surface area contributed by atoms with E-state index in [9.17, 15) is 4.79 Å². The smallest absolute Gasteiger partial charge is 0.299 e. The van der Waals surface area contributed by atoms with Crippen LogP contribution in [0.4, 0.5) is 0 Å². The number of aryl methyl sites for hydroxylation is 2. The van der Waals surface area contributed by atoms with Gasteiger partial charge in [-0.2, -0.15) is 5.21 Å². The maximum absolute atomic E-state index is 13.2. The Labute approximate surface area is 199 Å². The molecule has 1 aliphatic carbocycles. The second-order valence-electron chi connectivity index (χ2n) is 9.31. The van der Waals surface area contributed by atoms with Crippen molar-refractivity contribution < 1.29 is 0 Å². The van der Waals surface area contributed by atoms with Crippen LogP contribution in [0.15, 0.2) is 59.5 Å². The Morgan fingerprint density at radius 1 is 1.00 bits per heavy atom. The molecule has 2 heterocycles. The first-order valence-corrected chi connectivity index (χ1v) is 12.4. The van der Waals surface area contributed by atoms with Gasteiger partial charge in [-0.1, -0.05) is 87.6 Å². The summed E-state index contributed by atoms with van der Waals surface area (Å²) in [5.41, 5.74) is 5.39. The quantitative estimate of drug-likeness (QED) is 0.401. The van der Waals surface area contributed by atoms with Gasteiger partial charge >= 0.3 is 5.69 Å². The molecule has 7 heteroatoms. The molecule has 1 fully saturated rings. The van der Waals surface area contributed by atoms with E-state index < -0.39 is 0 Å². The van der Waals surface area contributed by atoms with E-state index >= 15 is 0 Å². The van der Waals surface area contributed by atoms with E-state index in [1.54, 1.807) is 0 Å². The normalized spacial score (nSPS) is 14.5. The Morgan fingerprint density at radius 2 is 1.76 bits per heavy atom. The van der Waals surface area contributed by atoms with Crippen LogP contribution in [0.1, 0.15) is 56.7 Å². The molecule has 0 amide bonds. The number of nitrogens with one attached hydrogen (secondary N) is 1. The molecule has 4 aromatic rings. The molecule has 0 atom stereocenters. The van der Waals surface area contributed by atoms with E-state index in [1.807, 2.05) is 27.3 Å². The molecular formula is C27H32N6O. The summed E-state index contributed by atoms with van der Waals surface area (Å²) in [6, 6.07) is 16.5. The largest absolute Gasteiger partial charge is 0.328 e. The number of hydrogen-bond acceptors (Lipinski definition) is 4. The maximum Gasteiger partial charge on any atom is 0.328 e. The van der Waals surface area contributed by atoms with Gasteiger partial charge in [0.15, 0.2) is 0 Å². The van der Waals surface area contributed by atoms with Gasteiger partial charge in [0.05, 0.1) is 6.54 Å². The number of hydrogen-bond donors (Lipinski definition) is 1. The monoisotopic (exact) mass is 456 g/mol. The molecule has 0 unspecified atom stereocenters. The zero-order chi connectivity index (χ0) is 23.3. The Morgan fingerprint density at radius 3 is 2.47 bits per heavy atom. The van der Waals surface area contributed by atoms with Crippen LogP contribution >= 0.6 is 0 Å². The van der Waals surface area contributed by atoms with Crippen molar-refractivity contribution in [2.24, 2.45) is 5.92 Å². The molecule has 0 bridgehead atoms. The molecule has 34 heavy (non-hydrogen) atoms. The van der Waals surface area contributed by atoms with Crippen molar-refractivity contribution in [3.05, 3.63) is 76.5 Å². The number of nitrogens with zero attached hydrogens (tertiary/aromatic N) is 5. The number of benzene rings is 2. The second-order valence-corrected chi connectivity index (χ2v) is 9.31. The summed E-state index contributed by atoms with van der Waals surface area (Å²) < 4.78 is 3.87. The Kier molecular flexibility index (Phi) is 6.70. The molecule has 2 aromatic carbocycles. The van der Waals surface area contributed by atoms with Crippen molar-refractivity contribution in [1.29, 1.82) is 0 Å². The standard InChI is InChI=1S/C27H32N6O/c1-2-23-19-32(17-16-20-8-4-3-5-9-20)27(34)33(23)18-21-12-14-22(15-13-21)24-10-6-7-11-25(24)26-28-30-31-29-26/h6-7,10-15,19-20H,2-5,8-9,16-18H2,1H3,(H,28,29,30,31). The third kappa shape index (κ3) is 4.74. The molecule has 0 saturated heterocycles. The Bertz CT molecular complexity index is 1260. The van der Waals surface area contributed by atoms with Crippen LogP contribution in [0.5, 0.6) is 0 Å². The van der Waals surface area contributed by atoms with Crippen molar-refractivity contribution in [2.45, 2.75) is 65.0 Å². The lowest BCUT2D eigenvalue weighted by Gasteiger charge is -2.21. The molecule has 0 aliphatic heterocycles. The summed E-state index contributed by atoms with van der Waals surface area (Å²) in [7, 11) is 0. The molecule has 1 saturated carbocycles. The van der Waals surface area contributed by atoms with Crippen molar-refractivity contribution in [1.82, 2.24) is 29.8 Å². The van der Waals surface area contributed by atoms with Crippen LogP contribution < -0.4 is 5.69 Å². The number of aromatic nitrogens is 6. The number of aromatic amines is 1. The fourth-order valence-corrected chi connectivity index (χ4v) is 5.17. The summed E-state index contributed by atoms with van der Waals surface area (Å²) in [6.07, 6.45) is 10.7. The predicted molar refractivity (Wildman–Crippen MR) is 133 cm³/mol. The fourth-order valence-electron chi connectivity index (χ4n) is 5.17. The zero-order valence-electron chi connectivity index (χ0n) is 19.8. The molecule has 0 spiro atoms. The van der Waals surface area contributed by atoms with Gasteiger partial charge in [-0.3, -0.25) is 9.13 Å². The van der Waals surface area contributed by atoms with E-state index in [-0.39, 0.29) is 5.69 Å². The highest BCUT2D eigenvalue weighted by molar-refractivity contribution is 5.80. The first kappa shape index (κ1) is 22.3. The number of H-pyrrole nitrogens is 1. The summed E-state index contributed by atoms with van der Waals surface area (Å²) in [5, 5.41) is 14.5. The highest BCUT2D eigenvalue weighted by Gasteiger charge is 2.16. The second kappa shape index (κ2) is 10.2. The van der Waals surface area contributed by atoms with Crippen LogP contribution in [-0.2, 0) is 19.5 Å². The van der Waals surface area contributed by atoms with E-state index in [0.29, 0.717) is 12.4 Å². The van der Waals surface area contributed by atoms with Gasteiger partial charge in [0, 0.05) is 24.0 Å². The van der Waals surface area contributed by atoms with Crippen molar-refractivity contribution >= 4 is 0 Å². The van der Waals surface area contributed by atoms with E-state index in [4.69, 9.17) is 0 Å². The summed E-state index contributed by atoms with van der Waals surface area (Å²) >= 11 is 0. The zero-order valence-corrected chi connectivity index (χ0v) is 19.8. The third-order valence-corrected chi connectivity index (χ3v) is 7.11. The third-order valence-electron chi connectivity index (χ3n) is 7.11. The van der Waals surface area contributed by atoms with Crippen molar-refractivity contribution in [2.75, 3.05) is 0 Å². The lowest BCUT2D eigenvalue weighted by atomic mass is 9.87. The molecule has 5 rings (SSSR count). The van der Waals surface area contributed by atoms with Crippen molar-refractivity contribution in [3.8, 4) is 22.5 Å². The van der Waals surface area contributed by atoms with Crippen LogP contribution in [0, 0.1) is 5.92 Å². The molecule has 176 valence electrons. The van der Waals surface area contributed by atoms with Crippen LogP contribution in [-0.4, -0.2) is 29.8 Å². The minimum atomic E-state index is 0.110. The highest BCUT2D eigenvalue weighted by Crippen LogP contribution is 2.30. The Balaban J connectivity index is 1.34.